The Morgan fingerprint density at radius 3 is 2.38 bits per heavy atom. The van der Waals surface area contributed by atoms with Crippen molar-refractivity contribution in [3.8, 4) is 11.3 Å². The molecule has 0 fully saturated rings. The summed E-state index contributed by atoms with van der Waals surface area (Å²) in [6.07, 6.45) is 1.61. The number of carbonyl (C=O) groups excluding carboxylic acids is 3. The third-order valence-corrected chi connectivity index (χ3v) is 4.50. The number of nitrogens with zero attached hydrogens (tertiary/aromatic N) is 2. The molecule has 0 atom stereocenters. The topological polar surface area (TPSA) is 102 Å². The van der Waals surface area contributed by atoms with Crippen molar-refractivity contribution in [1.82, 2.24) is 20.4 Å². The molecule has 3 rings (SSSR count). The third kappa shape index (κ3) is 6.28. The number of ether oxygens (including phenoxy) is 1. The molecule has 0 aliphatic rings. The lowest BCUT2D eigenvalue weighted by atomic mass is 10.1. The Hall–Kier alpha value is -3.94. The van der Waals surface area contributed by atoms with Crippen molar-refractivity contribution in [2.24, 2.45) is 0 Å². The van der Waals surface area contributed by atoms with Crippen LogP contribution in [-0.2, 0) is 16.1 Å². The number of rotatable bonds is 7. The Morgan fingerprint density at radius 2 is 1.72 bits per heavy atom. The summed E-state index contributed by atoms with van der Waals surface area (Å²) in [5, 5.41) is 9.24. The fourth-order valence-electron chi connectivity index (χ4n) is 3.02. The summed E-state index contributed by atoms with van der Waals surface area (Å²) in [6, 6.07) is 16.6. The number of amides is 3. The predicted molar refractivity (Wildman–Crippen MR) is 120 cm³/mol. The number of aryl methyl sites for hydroxylation is 1. The van der Waals surface area contributed by atoms with Crippen LogP contribution in [0, 0.1) is 6.92 Å². The maximum atomic E-state index is 12.8. The molecular weight excluding hydrogens is 408 g/mol. The minimum atomic E-state index is -0.718. The lowest BCUT2D eigenvalue weighted by Gasteiger charge is -2.09. The van der Waals surface area contributed by atoms with Gasteiger partial charge >= 0.3 is 12.0 Å². The van der Waals surface area contributed by atoms with Gasteiger partial charge in [-0.1, -0.05) is 60.2 Å². The van der Waals surface area contributed by atoms with E-state index in [1.807, 2.05) is 61.5 Å². The lowest BCUT2D eigenvalue weighted by Crippen LogP contribution is -2.44. The standard InChI is InChI=1S/C24H26N4O4/c1-16(2)25-24(31)26-21(29)15-32-23(30)20-14-28(13-18-7-5-4-6-8-18)27-22(20)19-11-9-17(3)10-12-19/h4-12,14,16H,13,15H2,1-3H3,(H2,25,26,29,31). The SMILES string of the molecule is Cc1ccc(-c2nn(Cc3ccccc3)cc2C(=O)OCC(=O)NC(=O)NC(C)C)cc1. The predicted octanol–water partition coefficient (Wildman–Crippen LogP) is 3.30. The van der Waals surface area contributed by atoms with Crippen LogP contribution >= 0.6 is 0 Å². The molecule has 2 N–H and O–H groups in total. The zero-order valence-electron chi connectivity index (χ0n) is 18.3. The quantitative estimate of drug-likeness (QED) is 0.556. The number of nitrogens with one attached hydrogen (secondary N) is 2. The van der Waals surface area contributed by atoms with E-state index in [-0.39, 0.29) is 11.6 Å². The molecule has 0 saturated heterocycles. The van der Waals surface area contributed by atoms with E-state index in [0.29, 0.717) is 12.2 Å². The molecule has 3 amide bonds. The van der Waals surface area contributed by atoms with E-state index in [2.05, 4.69) is 15.7 Å². The zero-order valence-corrected chi connectivity index (χ0v) is 18.3. The maximum absolute atomic E-state index is 12.8. The molecular formula is C24H26N4O4. The molecule has 3 aromatic rings. The van der Waals surface area contributed by atoms with E-state index >= 15 is 0 Å². The number of aromatic nitrogens is 2. The van der Waals surface area contributed by atoms with Crippen LogP contribution < -0.4 is 10.6 Å². The molecule has 166 valence electrons. The number of imide groups is 1. The van der Waals surface area contributed by atoms with E-state index in [0.717, 1.165) is 16.7 Å². The molecule has 0 aliphatic carbocycles. The summed E-state index contributed by atoms with van der Waals surface area (Å²) in [4.78, 5) is 36.3. The van der Waals surface area contributed by atoms with Crippen molar-refractivity contribution in [3.05, 3.63) is 77.5 Å². The summed E-state index contributed by atoms with van der Waals surface area (Å²) in [7, 11) is 0. The van der Waals surface area contributed by atoms with Crippen molar-refractivity contribution in [1.29, 1.82) is 0 Å². The normalized spacial score (nSPS) is 10.6. The second-order valence-electron chi connectivity index (χ2n) is 7.69. The first-order valence-corrected chi connectivity index (χ1v) is 10.3. The van der Waals surface area contributed by atoms with Crippen LogP contribution in [-0.4, -0.2) is 40.3 Å². The Kier molecular flexibility index (Phi) is 7.38. The van der Waals surface area contributed by atoms with Gasteiger partial charge in [-0.15, -0.1) is 0 Å². The first-order chi connectivity index (χ1) is 15.3. The Morgan fingerprint density at radius 1 is 1.03 bits per heavy atom. The summed E-state index contributed by atoms with van der Waals surface area (Å²) in [5.74, 6) is -1.41. The highest BCUT2D eigenvalue weighted by atomic mass is 16.5. The highest BCUT2D eigenvalue weighted by molar-refractivity contribution is 5.99. The third-order valence-electron chi connectivity index (χ3n) is 4.50. The molecule has 0 radical (unpaired) electrons. The minimum Gasteiger partial charge on any atom is -0.452 e. The molecule has 0 aliphatic heterocycles. The second-order valence-corrected chi connectivity index (χ2v) is 7.69. The lowest BCUT2D eigenvalue weighted by molar-refractivity contribution is -0.123. The van der Waals surface area contributed by atoms with Crippen LogP contribution in [0.15, 0.2) is 60.8 Å². The van der Waals surface area contributed by atoms with Gasteiger partial charge in [-0.25, -0.2) is 9.59 Å². The fourth-order valence-corrected chi connectivity index (χ4v) is 3.02. The van der Waals surface area contributed by atoms with Gasteiger partial charge in [0.1, 0.15) is 11.3 Å². The van der Waals surface area contributed by atoms with Gasteiger partial charge in [0.2, 0.25) is 0 Å². The van der Waals surface area contributed by atoms with Crippen LogP contribution in [0.2, 0.25) is 0 Å². The number of benzene rings is 2. The van der Waals surface area contributed by atoms with Crippen LogP contribution in [0.1, 0.15) is 35.3 Å². The molecule has 0 spiro atoms. The Labute approximate surface area is 186 Å². The van der Waals surface area contributed by atoms with Gasteiger partial charge in [-0.2, -0.15) is 5.10 Å². The smallest absolute Gasteiger partial charge is 0.342 e. The molecule has 32 heavy (non-hydrogen) atoms. The number of carbonyl (C=O) groups is 3. The summed E-state index contributed by atoms with van der Waals surface area (Å²) < 4.78 is 6.82. The molecule has 8 heteroatoms. The highest BCUT2D eigenvalue weighted by Crippen LogP contribution is 2.24. The number of esters is 1. The molecule has 0 saturated carbocycles. The number of hydrogen-bond acceptors (Lipinski definition) is 5. The molecule has 1 heterocycles. The van der Waals surface area contributed by atoms with Crippen molar-refractivity contribution >= 4 is 17.9 Å². The largest absolute Gasteiger partial charge is 0.452 e. The minimum absolute atomic E-state index is 0.127. The molecule has 0 bridgehead atoms. The summed E-state index contributed by atoms with van der Waals surface area (Å²) in [5.41, 5.74) is 3.57. The van der Waals surface area contributed by atoms with Gasteiger partial charge in [-0.05, 0) is 26.3 Å². The zero-order chi connectivity index (χ0) is 23.1. The van der Waals surface area contributed by atoms with Gasteiger partial charge < -0.3 is 10.1 Å². The molecule has 8 nitrogen and oxygen atoms in total. The van der Waals surface area contributed by atoms with E-state index in [1.165, 1.54) is 0 Å². The van der Waals surface area contributed by atoms with E-state index in [9.17, 15) is 14.4 Å². The van der Waals surface area contributed by atoms with E-state index < -0.39 is 24.5 Å². The highest BCUT2D eigenvalue weighted by Gasteiger charge is 2.21. The fraction of sp³-hybridized carbons (Fsp3) is 0.250. The van der Waals surface area contributed by atoms with Gasteiger partial charge in [0, 0.05) is 17.8 Å². The average Bonchev–Trinajstić information content (AvgIpc) is 3.16. The maximum Gasteiger partial charge on any atom is 0.342 e. The average molecular weight is 434 g/mol. The van der Waals surface area contributed by atoms with E-state index in [4.69, 9.17) is 4.74 Å². The number of hydrogen-bond donors (Lipinski definition) is 2. The molecule has 2 aromatic carbocycles. The summed E-state index contributed by atoms with van der Waals surface area (Å²) in [6.45, 7) is 5.40. The van der Waals surface area contributed by atoms with Gasteiger partial charge in [0.25, 0.3) is 5.91 Å². The van der Waals surface area contributed by atoms with Crippen LogP contribution in [0.4, 0.5) is 4.79 Å². The Balaban J connectivity index is 1.77. The van der Waals surface area contributed by atoms with Gasteiger partial charge in [0.05, 0.1) is 6.54 Å². The first-order valence-electron chi connectivity index (χ1n) is 10.3. The monoisotopic (exact) mass is 434 g/mol. The van der Waals surface area contributed by atoms with E-state index in [1.54, 1.807) is 24.7 Å². The van der Waals surface area contributed by atoms with Crippen LogP contribution in [0.5, 0.6) is 0 Å². The van der Waals surface area contributed by atoms with Crippen LogP contribution in [0.3, 0.4) is 0 Å². The van der Waals surface area contributed by atoms with Crippen molar-refractivity contribution < 1.29 is 19.1 Å². The molecule has 1 aromatic heterocycles. The van der Waals surface area contributed by atoms with Crippen molar-refractivity contribution in [3.63, 3.8) is 0 Å². The molecule has 0 unspecified atom stereocenters. The Bertz CT molecular complexity index is 1090. The van der Waals surface area contributed by atoms with Crippen molar-refractivity contribution in [2.45, 2.75) is 33.4 Å². The van der Waals surface area contributed by atoms with Gasteiger partial charge in [0.15, 0.2) is 6.61 Å². The second kappa shape index (κ2) is 10.4. The van der Waals surface area contributed by atoms with Crippen molar-refractivity contribution in [2.75, 3.05) is 6.61 Å². The summed E-state index contributed by atoms with van der Waals surface area (Å²) >= 11 is 0. The van der Waals surface area contributed by atoms with Gasteiger partial charge in [-0.3, -0.25) is 14.8 Å². The first kappa shape index (κ1) is 22.7. The van der Waals surface area contributed by atoms with Crippen LogP contribution in [0.25, 0.3) is 11.3 Å². The number of urea groups is 1.